The van der Waals surface area contributed by atoms with Crippen molar-refractivity contribution in [3.05, 3.63) is 9.47 Å². The molecule has 0 unspecified atom stereocenters. The highest BCUT2D eigenvalue weighted by Gasteiger charge is 1.88. The normalized spacial score (nSPS) is 9.43. The molecule has 0 aliphatic carbocycles. The summed E-state index contributed by atoms with van der Waals surface area (Å²) in [7, 11) is 0. The molecule has 0 spiro atoms. The van der Waals surface area contributed by atoms with Gasteiger partial charge in [0.05, 0.1) is 3.39 Å². The van der Waals surface area contributed by atoms with Crippen LogP contribution in [0.25, 0.3) is 0 Å². The van der Waals surface area contributed by atoms with Gasteiger partial charge in [-0.2, -0.15) is 0 Å². The smallest absolute Gasteiger partial charge is 0.120 e. The van der Waals surface area contributed by atoms with E-state index in [-0.39, 0.29) is 0 Å². The van der Waals surface area contributed by atoms with E-state index < -0.39 is 0 Å². The summed E-state index contributed by atoms with van der Waals surface area (Å²) in [6, 6.07) is 0. The van der Waals surface area contributed by atoms with Crippen LogP contribution in [0.5, 0.6) is 0 Å². The van der Waals surface area contributed by atoms with Crippen molar-refractivity contribution in [1.82, 2.24) is 0 Å². The number of carbonyl (C=O) groups excluding carboxylic acids is 1. The first-order valence-corrected chi connectivity index (χ1v) is 6.43. The summed E-state index contributed by atoms with van der Waals surface area (Å²) in [6.45, 7) is 8.43. The third-order valence-corrected chi connectivity index (χ3v) is 1.96. The Kier molecular flexibility index (Phi) is 13.7. The summed E-state index contributed by atoms with van der Waals surface area (Å²) >= 11 is 6.56. The summed E-state index contributed by atoms with van der Waals surface area (Å²) in [4.78, 5) is 9.62. The zero-order chi connectivity index (χ0) is 11.6. The number of rotatable bonds is 4. The van der Waals surface area contributed by atoms with Crippen LogP contribution >= 0.6 is 31.9 Å². The third-order valence-electron chi connectivity index (χ3n) is 1.31. The predicted molar refractivity (Wildman–Crippen MR) is 70.9 cm³/mol. The van der Waals surface area contributed by atoms with Crippen LogP contribution in [0, 0.1) is 11.8 Å². The van der Waals surface area contributed by atoms with Crippen molar-refractivity contribution in [1.29, 1.82) is 0 Å². The van der Waals surface area contributed by atoms with E-state index in [1.807, 2.05) is 13.8 Å². The van der Waals surface area contributed by atoms with Gasteiger partial charge in [-0.05, 0) is 50.1 Å². The van der Waals surface area contributed by atoms with Gasteiger partial charge in [0.2, 0.25) is 0 Å². The van der Waals surface area contributed by atoms with Gasteiger partial charge < -0.3 is 4.79 Å². The van der Waals surface area contributed by atoms with E-state index in [1.165, 1.54) is 0 Å². The Labute approximate surface area is 105 Å². The lowest BCUT2D eigenvalue weighted by Crippen LogP contribution is -1.84. The molecule has 14 heavy (non-hydrogen) atoms. The van der Waals surface area contributed by atoms with Crippen LogP contribution in [-0.4, -0.2) is 6.29 Å². The predicted octanol–water partition coefficient (Wildman–Crippen LogP) is 4.90. The van der Waals surface area contributed by atoms with Gasteiger partial charge in [0, 0.05) is 6.42 Å². The fraction of sp³-hybridized carbons (Fsp3) is 0.727. The van der Waals surface area contributed by atoms with Crippen LogP contribution in [-0.2, 0) is 4.79 Å². The van der Waals surface area contributed by atoms with E-state index in [2.05, 4.69) is 51.8 Å². The average molecular weight is 328 g/mol. The monoisotopic (exact) mass is 326 g/mol. The molecule has 3 heteroatoms. The number of hydrogen-bond acceptors (Lipinski definition) is 1. The quantitative estimate of drug-likeness (QED) is 0.671. The maximum absolute atomic E-state index is 9.62. The van der Waals surface area contributed by atoms with Crippen molar-refractivity contribution in [2.45, 2.75) is 40.5 Å². The van der Waals surface area contributed by atoms with Crippen LogP contribution in [0.2, 0.25) is 0 Å². The largest absolute Gasteiger partial charge is 0.303 e. The van der Waals surface area contributed by atoms with Gasteiger partial charge in [-0.25, -0.2) is 0 Å². The van der Waals surface area contributed by atoms with E-state index in [0.717, 1.165) is 22.0 Å². The fourth-order valence-corrected chi connectivity index (χ4v) is 0.891. The van der Waals surface area contributed by atoms with Gasteiger partial charge in [-0.15, -0.1) is 0 Å². The second kappa shape index (κ2) is 11.4. The first-order valence-electron chi connectivity index (χ1n) is 4.84. The molecular formula is C11H20Br2O. The first-order chi connectivity index (χ1) is 6.40. The molecule has 0 aromatic heterocycles. The van der Waals surface area contributed by atoms with Crippen molar-refractivity contribution in [3.63, 3.8) is 0 Å². The number of halogens is 2. The molecule has 0 saturated heterocycles. The molecule has 0 aromatic rings. The summed E-state index contributed by atoms with van der Waals surface area (Å²) in [6.07, 6.45) is 4.89. The number of allylic oxidation sites excluding steroid dienone is 1. The lowest BCUT2D eigenvalue weighted by atomic mass is 10.1. The Morgan fingerprint density at radius 1 is 1.07 bits per heavy atom. The van der Waals surface area contributed by atoms with Crippen molar-refractivity contribution in [3.8, 4) is 0 Å². The van der Waals surface area contributed by atoms with Gasteiger partial charge >= 0.3 is 0 Å². The molecule has 84 valence electrons. The highest BCUT2D eigenvalue weighted by Crippen LogP contribution is 2.15. The zero-order valence-corrected chi connectivity index (χ0v) is 12.6. The van der Waals surface area contributed by atoms with Crippen LogP contribution in [0.15, 0.2) is 9.47 Å². The summed E-state index contributed by atoms with van der Waals surface area (Å²) < 4.78 is 1.05. The third kappa shape index (κ3) is 22.8. The van der Waals surface area contributed by atoms with Gasteiger partial charge in [-0.3, -0.25) is 0 Å². The summed E-state index contributed by atoms with van der Waals surface area (Å²) in [5.74, 6) is 1.28. The molecule has 0 heterocycles. The molecule has 0 aliphatic heterocycles. The minimum atomic E-state index is 0.530. The molecule has 0 amide bonds. The van der Waals surface area contributed by atoms with Gasteiger partial charge in [0.1, 0.15) is 6.29 Å². The van der Waals surface area contributed by atoms with Gasteiger partial charge in [0.25, 0.3) is 0 Å². The van der Waals surface area contributed by atoms with Crippen molar-refractivity contribution in [2.24, 2.45) is 11.8 Å². The maximum atomic E-state index is 9.62. The Hall–Kier alpha value is 0.370. The molecule has 1 nitrogen and oxygen atoms in total. The molecule has 0 aliphatic rings. The number of carbonyl (C=O) groups is 1. The van der Waals surface area contributed by atoms with Gasteiger partial charge in [0.15, 0.2) is 0 Å². The zero-order valence-electron chi connectivity index (χ0n) is 9.39. The Balaban J connectivity index is 0. The average Bonchev–Trinajstić information content (AvgIpc) is 2.01. The van der Waals surface area contributed by atoms with Crippen molar-refractivity contribution >= 4 is 38.1 Å². The maximum Gasteiger partial charge on any atom is 0.120 e. The molecule has 0 fully saturated rings. The van der Waals surface area contributed by atoms with E-state index in [0.29, 0.717) is 12.3 Å². The van der Waals surface area contributed by atoms with Crippen LogP contribution in [0.1, 0.15) is 40.5 Å². The first kappa shape index (κ1) is 16.8. The Bertz CT molecular complexity index is 159. The minimum Gasteiger partial charge on any atom is -0.303 e. The number of hydrogen-bond donors (Lipinski definition) is 0. The molecule has 0 radical (unpaired) electrons. The Morgan fingerprint density at radius 3 is 1.57 bits per heavy atom. The fourth-order valence-electron chi connectivity index (χ4n) is 0.517. The topological polar surface area (TPSA) is 17.1 Å². The second-order valence-electron chi connectivity index (χ2n) is 3.92. The van der Waals surface area contributed by atoms with Crippen LogP contribution < -0.4 is 0 Å². The lowest BCUT2D eigenvalue weighted by Gasteiger charge is -1.95. The summed E-state index contributed by atoms with van der Waals surface area (Å²) in [5, 5.41) is 0. The van der Waals surface area contributed by atoms with Crippen molar-refractivity contribution < 1.29 is 4.79 Å². The molecule has 0 bridgehead atoms. The van der Waals surface area contributed by atoms with Crippen LogP contribution in [0.3, 0.4) is 0 Å². The SMILES string of the molecule is CC(C)CC=C(Br)Br.CC(C)CC=O. The molecule has 0 rings (SSSR count). The second-order valence-corrected chi connectivity index (χ2v) is 6.69. The highest BCUT2D eigenvalue weighted by atomic mass is 79.9. The molecule has 0 aromatic carbocycles. The van der Waals surface area contributed by atoms with E-state index in [9.17, 15) is 4.79 Å². The standard InChI is InChI=1S/C6H10Br2.C5H10O/c1-5(2)3-4-6(7)8;1-5(2)3-4-6/h4-5H,3H2,1-2H3;4-5H,3H2,1-2H3. The Morgan fingerprint density at radius 2 is 1.50 bits per heavy atom. The van der Waals surface area contributed by atoms with Crippen LogP contribution in [0.4, 0.5) is 0 Å². The molecule has 0 atom stereocenters. The lowest BCUT2D eigenvalue weighted by molar-refractivity contribution is -0.108. The summed E-state index contributed by atoms with van der Waals surface area (Å²) in [5.41, 5.74) is 0. The van der Waals surface area contributed by atoms with E-state index in [1.54, 1.807) is 0 Å². The molecule has 0 N–H and O–H groups in total. The highest BCUT2D eigenvalue weighted by molar-refractivity contribution is 9.28. The molecule has 0 saturated carbocycles. The minimum absolute atomic E-state index is 0.530. The van der Waals surface area contributed by atoms with Crippen molar-refractivity contribution in [2.75, 3.05) is 0 Å². The number of aldehydes is 1. The van der Waals surface area contributed by atoms with Gasteiger partial charge in [-0.1, -0.05) is 33.8 Å². The van der Waals surface area contributed by atoms with E-state index >= 15 is 0 Å². The molecular weight excluding hydrogens is 308 g/mol. The van der Waals surface area contributed by atoms with E-state index in [4.69, 9.17) is 0 Å².